The molecule has 1 heterocycles. The van der Waals surface area contributed by atoms with Gasteiger partial charge in [0.2, 0.25) is 0 Å². The van der Waals surface area contributed by atoms with Gasteiger partial charge in [0.05, 0.1) is 18.0 Å². The number of nitriles is 1. The molecule has 0 bridgehead atoms. The zero-order chi connectivity index (χ0) is 20.8. The standard InChI is InChI=1S/C23H22N4O2/c1-4-29-21-11-7-18(8-12-21)14-19(15-24)23(28)25-22-13-17(3)26-27(22)20-9-5-16(2)6-10-20/h5-14H,4H2,1-3H3,(H,25,28)/b19-14+. The summed E-state index contributed by atoms with van der Waals surface area (Å²) in [7, 11) is 0. The Kier molecular flexibility index (Phi) is 6.10. The summed E-state index contributed by atoms with van der Waals surface area (Å²) in [5.74, 6) is 0.754. The van der Waals surface area contributed by atoms with Crippen LogP contribution in [-0.2, 0) is 4.79 Å². The highest BCUT2D eigenvalue weighted by Gasteiger charge is 2.14. The molecule has 0 atom stereocenters. The van der Waals surface area contributed by atoms with E-state index in [1.807, 2.05) is 51.1 Å². The van der Waals surface area contributed by atoms with Gasteiger partial charge in [-0.25, -0.2) is 4.68 Å². The summed E-state index contributed by atoms with van der Waals surface area (Å²) < 4.78 is 7.06. The van der Waals surface area contributed by atoms with Gasteiger partial charge < -0.3 is 10.1 Å². The Morgan fingerprint density at radius 3 is 2.48 bits per heavy atom. The summed E-state index contributed by atoms with van der Waals surface area (Å²) in [6.07, 6.45) is 1.55. The zero-order valence-electron chi connectivity index (χ0n) is 16.6. The molecular formula is C23H22N4O2. The van der Waals surface area contributed by atoms with Crippen molar-refractivity contribution in [1.82, 2.24) is 9.78 Å². The highest BCUT2D eigenvalue weighted by Crippen LogP contribution is 2.19. The number of benzene rings is 2. The van der Waals surface area contributed by atoms with Crippen LogP contribution in [0.1, 0.15) is 23.7 Å². The monoisotopic (exact) mass is 386 g/mol. The quantitative estimate of drug-likeness (QED) is 0.502. The predicted octanol–water partition coefficient (Wildman–Crippen LogP) is 4.43. The maximum absolute atomic E-state index is 12.7. The molecule has 6 heteroatoms. The van der Waals surface area contributed by atoms with Crippen LogP contribution in [0.5, 0.6) is 5.75 Å². The van der Waals surface area contributed by atoms with Crippen LogP contribution in [0.15, 0.2) is 60.2 Å². The van der Waals surface area contributed by atoms with E-state index in [1.54, 1.807) is 41.1 Å². The van der Waals surface area contributed by atoms with E-state index < -0.39 is 5.91 Å². The van der Waals surface area contributed by atoms with Crippen molar-refractivity contribution in [2.24, 2.45) is 0 Å². The molecule has 0 aliphatic carbocycles. The lowest BCUT2D eigenvalue weighted by Gasteiger charge is -2.09. The minimum absolute atomic E-state index is 0.00321. The molecular weight excluding hydrogens is 364 g/mol. The van der Waals surface area contributed by atoms with Crippen LogP contribution in [-0.4, -0.2) is 22.3 Å². The number of aryl methyl sites for hydroxylation is 2. The van der Waals surface area contributed by atoms with Gasteiger partial charge in [0.15, 0.2) is 0 Å². The summed E-state index contributed by atoms with van der Waals surface area (Å²) in [4.78, 5) is 12.7. The van der Waals surface area contributed by atoms with E-state index >= 15 is 0 Å². The lowest BCUT2D eigenvalue weighted by atomic mass is 10.1. The molecule has 0 unspecified atom stereocenters. The van der Waals surface area contributed by atoms with E-state index in [9.17, 15) is 10.1 Å². The van der Waals surface area contributed by atoms with Crippen LogP contribution >= 0.6 is 0 Å². The number of nitrogens with one attached hydrogen (secondary N) is 1. The lowest BCUT2D eigenvalue weighted by molar-refractivity contribution is -0.112. The van der Waals surface area contributed by atoms with Gasteiger partial charge in [-0.2, -0.15) is 10.4 Å². The molecule has 0 fully saturated rings. The second-order valence-corrected chi connectivity index (χ2v) is 6.54. The molecule has 0 aliphatic rings. The second-order valence-electron chi connectivity index (χ2n) is 6.54. The molecule has 2 aromatic carbocycles. The average molecular weight is 386 g/mol. The number of carbonyl (C=O) groups is 1. The van der Waals surface area contributed by atoms with Crippen molar-refractivity contribution < 1.29 is 9.53 Å². The molecule has 29 heavy (non-hydrogen) atoms. The number of hydrogen-bond acceptors (Lipinski definition) is 4. The van der Waals surface area contributed by atoms with Crippen molar-refractivity contribution in [2.45, 2.75) is 20.8 Å². The first-order chi connectivity index (χ1) is 14.0. The Balaban J connectivity index is 1.83. The number of nitrogens with zero attached hydrogens (tertiary/aromatic N) is 3. The van der Waals surface area contributed by atoms with E-state index in [0.29, 0.717) is 12.4 Å². The molecule has 3 aromatic rings. The SMILES string of the molecule is CCOc1ccc(/C=C(\C#N)C(=O)Nc2cc(C)nn2-c2ccc(C)cc2)cc1. The second kappa shape index (κ2) is 8.89. The third-order valence-corrected chi connectivity index (χ3v) is 4.22. The van der Waals surface area contributed by atoms with Gasteiger partial charge in [0.1, 0.15) is 23.2 Å². The van der Waals surface area contributed by atoms with E-state index in [4.69, 9.17) is 4.74 Å². The van der Waals surface area contributed by atoms with Crippen LogP contribution in [0.25, 0.3) is 11.8 Å². The molecule has 0 saturated carbocycles. The topological polar surface area (TPSA) is 79.9 Å². The zero-order valence-corrected chi connectivity index (χ0v) is 16.6. The Morgan fingerprint density at radius 1 is 1.17 bits per heavy atom. The minimum atomic E-state index is -0.491. The Bertz CT molecular complexity index is 1070. The molecule has 6 nitrogen and oxygen atoms in total. The fourth-order valence-electron chi connectivity index (χ4n) is 2.80. The van der Waals surface area contributed by atoms with Gasteiger partial charge in [0, 0.05) is 6.07 Å². The summed E-state index contributed by atoms with van der Waals surface area (Å²) in [6, 6.07) is 18.8. The van der Waals surface area contributed by atoms with Crippen molar-refractivity contribution in [3.8, 4) is 17.5 Å². The molecule has 0 radical (unpaired) electrons. The molecule has 0 aliphatic heterocycles. The first-order valence-corrected chi connectivity index (χ1v) is 9.30. The Morgan fingerprint density at radius 2 is 1.86 bits per heavy atom. The Hall–Kier alpha value is -3.85. The van der Waals surface area contributed by atoms with Crippen LogP contribution in [0.4, 0.5) is 5.82 Å². The molecule has 146 valence electrons. The number of rotatable bonds is 6. The van der Waals surface area contributed by atoms with E-state index in [2.05, 4.69) is 10.4 Å². The van der Waals surface area contributed by atoms with E-state index in [0.717, 1.165) is 28.3 Å². The first-order valence-electron chi connectivity index (χ1n) is 9.30. The number of amides is 1. The van der Waals surface area contributed by atoms with E-state index in [1.165, 1.54) is 0 Å². The number of anilines is 1. The molecule has 0 saturated heterocycles. The van der Waals surface area contributed by atoms with Crippen LogP contribution in [0.2, 0.25) is 0 Å². The number of hydrogen-bond donors (Lipinski definition) is 1. The maximum atomic E-state index is 12.7. The van der Waals surface area contributed by atoms with Crippen LogP contribution < -0.4 is 10.1 Å². The van der Waals surface area contributed by atoms with Gasteiger partial charge in [0.25, 0.3) is 5.91 Å². The highest BCUT2D eigenvalue weighted by molar-refractivity contribution is 6.09. The summed E-state index contributed by atoms with van der Waals surface area (Å²) >= 11 is 0. The van der Waals surface area contributed by atoms with Crippen LogP contribution in [0.3, 0.4) is 0 Å². The smallest absolute Gasteiger partial charge is 0.267 e. The highest BCUT2D eigenvalue weighted by atomic mass is 16.5. The maximum Gasteiger partial charge on any atom is 0.267 e. The molecule has 3 rings (SSSR count). The molecule has 1 amide bonds. The molecule has 1 aromatic heterocycles. The summed E-state index contributed by atoms with van der Waals surface area (Å²) in [6.45, 7) is 6.34. The summed E-state index contributed by atoms with van der Waals surface area (Å²) in [5.41, 5.74) is 3.46. The van der Waals surface area contributed by atoms with Crippen LogP contribution in [0, 0.1) is 25.2 Å². The van der Waals surface area contributed by atoms with Crippen molar-refractivity contribution >= 4 is 17.8 Å². The normalized spacial score (nSPS) is 11.0. The van der Waals surface area contributed by atoms with Gasteiger partial charge in [-0.1, -0.05) is 29.8 Å². The van der Waals surface area contributed by atoms with Crippen molar-refractivity contribution in [3.05, 3.63) is 77.0 Å². The molecule has 0 spiro atoms. The largest absolute Gasteiger partial charge is 0.494 e. The fourth-order valence-corrected chi connectivity index (χ4v) is 2.80. The first kappa shape index (κ1) is 19.9. The predicted molar refractivity (Wildman–Crippen MR) is 113 cm³/mol. The summed E-state index contributed by atoms with van der Waals surface area (Å²) in [5, 5.41) is 16.7. The number of carbonyl (C=O) groups excluding carboxylic acids is 1. The van der Waals surface area contributed by atoms with Crippen molar-refractivity contribution in [3.63, 3.8) is 0 Å². The van der Waals surface area contributed by atoms with E-state index in [-0.39, 0.29) is 5.57 Å². The number of ether oxygens (including phenoxy) is 1. The third-order valence-electron chi connectivity index (χ3n) is 4.22. The average Bonchev–Trinajstić information content (AvgIpc) is 3.08. The van der Waals surface area contributed by atoms with Crippen molar-refractivity contribution in [1.29, 1.82) is 5.26 Å². The molecule has 1 N–H and O–H groups in total. The van der Waals surface area contributed by atoms with Crippen molar-refractivity contribution in [2.75, 3.05) is 11.9 Å². The lowest BCUT2D eigenvalue weighted by Crippen LogP contribution is -2.16. The third kappa shape index (κ3) is 4.90. The van der Waals surface area contributed by atoms with Gasteiger partial charge >= 0.3 is 0 Å². The minimum Gasteiger partial charge on any atom is -0.494 e. The van der Waals surface area contributed by atoms with Gasteiger partial charge in [-0.15, -0.1) is 0 Å². The van der Waals surface area contributed by atoms with Gasteiger partial charge in [-0.05, 0) is 56.7 Å². The fraction of sp³-hybridized carbons (Fsp3) is 0.174. The number of aromatic nitrogens is 2. The van der Waals surface area contributed by atoms with Gasteiger partial charge in [-0.3, -0.25) is 4.79 Å². The Labute approximate surface area is 170 Å².